The number of anilines is 1. The highest BCUT2D eigenvalue weighted by Gasteiger charge is 2.42. The number of carbonyl (C=O) groups excluding carboxylic acids is 4. The fourth-order valence-corrected chi connectivity index (χ4v) is 3.42. The summed E-state index contributed by atoms with van der Waals surface area (Å²) in [4.78, 5) is 48.7. The van der Waals surface area contributed by atoms with Gasteiger partial charge in [0.25, 0.3) is 11.8 Å². The molecule has 1 atom stereocenters. The van der Waals surface area contributed by atoms with E-state index >= 15 is 0 Å². The Morgan fingerprint density at radius 3 is 2.58 bits per heavy atom. The summed E-state index contributed by atoms with van der Waals surface area (Å²) in [7, 11) is -3.43. The summed E-state index contributed by atoms with van der Waals surface area (Å²) in [5, 5.41) is 4.81. The van der Waals surface area contributed by atoms with Crippen LogP contribution in [0.1, 0.15) is 12.8 Å². The highest BCUT2D eigenvalue weighted by Crippen LogP contribution is 2.23. The topological polar surface area (TPSA) is 130 Å². The van der Waals surface area contributed by atoms with E-state index in [9.17, 15) is 27.6 Å². The van der Waals surface area contributed by atoms with E-state index in [1.165, 1.54) is 18.2 Å². The average Bonchev–Trinajstić information content (AvgIpc) is 2.82. The lowest BCUT2D eigenvalue weighted by Gasteiger charge is -2.28. The summed E-state index contributed by atoms with van der Waals surface area (Å²) in [6.07, 6.45) is 2.19. The molecule has 0 aromatic heterocycles. The van der Waals surface area contributed by atoms with Crippen LogP contribution in [0.4, 0.5) is 5.69 Å². The number of piperidine rings is 1. The maximum absolute atomic E-state index is 12.5. The highest BCUT2D eigenvalue weighted by molar-refractivity contribution is 7.90. The number of hydrogen-bond donors (Lipinski definition) is 2. The number of sulfone groups is 1. The minimum atomic E-state index is -3.43. The molecular weight excluding hydrogens is 362 g/mol. The van der Waals surface area contributed by atoms with E-state index in [1.807, 2.05) is 0 Å². The molecule has 2 aliphatic rings. The van der Waals surface area contributed by atoms with Crippen molar-refractivity contribution in [3.63, 3.8) is 0 Å². The predicted molar refractivity (Wildman–Crippen MR) is 89.3 cm³/mol. The van der Waals surface area contributed by atoms with Crippen molar-refractivity contribution in [2.24, 2.45) is 0 Å². The first-order valence-electron chi connectivity index (χ1n) is 7.67. The molecule has 136 valence electrons. The quantitative estimate of drug-likeness (QED) is 0.680. The SMILES string of the molecule is CS(=O)(=O)c1cccc(NC2=CC(=O)N(C3CCC(=O)NC3=O)C2=O)c1. The van der Waals surface area contributed by atoms with Crippen molar-refractivity contribution in [1.29, 1.82) is 0 Å². The van der Waals surface area contributed by atoms with Crippen molar-refractivity contribution in [2.75, 3.05) is 11.6 Å². The number of amides is 4. The third kappa shape index (κ3) is 3.36. The molecule has 2 aliphatic heterocycles. The van der Waals surface area contributed by atoms with Gasteiger partial charge < -0.3 is 5.32 Å². The van der Waals surface area contributed by atoms with Gasteiger partial charge in [-0.25, -0.2) is 8.42 Å². The molecule has 0 aliphatic carbocycles. The van der Waals surface area contributed by atoms with Crippen molar-refractivity contribution in [1.82, 2.24) is 10.2 Å². The molecule has 0 radical (unpaired) electrons. The second kappa shape index (κ2) is 6.37. The maximum atomic E-state index is 12.5. The van der Waals surface area contributed by atoms with Crippen LogP contribution in [0.15, 0.2) is 40.9 Å². The number of nitrogens with zero attached hydrogens (tertiary/aromatic N) is 1. The van der Waals surface area contributed by atoms with E-state index in [1.54, 1.807) is 6.07 Å². The van der Waals surface area contributed by atoms with Gasteiger partial charge in [0.1, 0.15) is 11.7 Å². The van der Waals surface area contributed by atoms with Crippen LogP contribution in [-0.4, -0.2) is 49.2 Å². The Morgan fingerprint density at radius 2 is 1.92 bits per heavy atom. The lowest BCUT2D eigenvalue weighted by atomic mass is 10.0. The number of carbonyl (C=O) groups is 4. The van der Waals surface area contributed by atoms with Gasteiger partial charge in [-0.05, 0) is 24.6 Å². The first kappa shape index (κ1) is 17.8. The van der Waals surface area contributed by atoms with Gasteiger partial charge in [0.15, 0.2) is 9.84 Å². The minimum Gasteiger partial charge on any atom is -0.351 e. The second-order valence-corrected chi connectivity index (χ2v) is 7.98. The molecule has 0 spiro atoms. The molecule has 1 aromatic rings. The second-order valence-electron chi connectivity index (χ2n) is 5.96. The molecule has 1 unspecified atom stereocenters. The Bertz CT molecular complexity index is 966. The Morgan fingerprint density at radius 1 is 1.19 bits per heavy atom. The molecule has 0 bridgehead atoms. The Hall–Kier alpha value is -3.01. The largest absolute Gasteiger partial charge is 0.351 e. The molecule has 9 nitrogen and oxygen atoms in total. The molecule has 3 rings (SSSR count). The van der Waals surface area contributed by atoms with Gasteiger partial charge in [0.2, 0.25) is 11.8 Å². The molecule has 10 heteroatoms. The van der Waals surface area contributed by atoms with Crippen LogP contribution >= 0.6 is 0 Å². The number of imide groups is 2. The maximum Gasteiger partial charge on any atom is 0.278 e. The van der Waals surface area contributed by atoms with E-state index in [2.05, 4.69) is 10.6 Å². The van der Waals surface area contributed by atoms with Crippen molar-refractivity contribution < 1.29 is 27.6 Å². The van der Waals surface area contributed by atoms with Crippen LogP contribution in [0.2, 0.25) is 0 Å². The van der Waals surface area contributed by atoms with Crippen LogP contribution in [0.3, 0.4) is 0 Å². The van der Waals surface area contributed by atoms with Crippen LogP contribution in [0.25, 0.3) is 0 Å². The van der Waals surface area contributed by atoms with Crippen molar-refractivity contribution >= 4 is 39.2 Å². The van der Waals surface area contributed by atoms with Gasteiger partial charge in [0, 0.05) is 24.4 Å². The fraction of sp³-hybridized carbons (Fsp3) is 0.250. The van der Waals surface area contributed by atoms with Crippen LogP contribution < -0.4 is 10.6 Å². The van der Waals surface area contributed by atoms with E-state index in [0.717, 1.165) is 17.2 Å². The van der Waals surface area contributed by atoms with Gasteiger partial charge in [-0.1, -0.05) is 6.07 Å². The van der Waals surface area contributed by atoms with Crippen LogP contribution in [0, 0.1) is 0 Å². The average molecular weight is 377 g/mol. The van der Waals surface area contributed by atoms with E-state index < -0.39 is 39.5 Å². The summed E-state index contributed by atoms with van der Waals surface area (Å²) < 4.78 is 23.2. The third-order valence-electron chi connectivity index (χ3n) is 4.02. The molecule has 1 fully saturated rings. The van der Waals surface area contributed by atoms with Gasteiger partial charge in [0.05, 0.1) is 4.90 Å². The van der Waals surface area contributed by atoms with Gasteiger partial charge in [-0.3, -0.25) is 29.4 Å². The molecule has 26 heavy (non-hydrogen) atoms. The van der Waals surface area contributed by atoms with Crippen molar-refractivity contribution in [3.8, 4) is 0 Å². The lowest BCUT2D eigenvalue weighted by Crippen LogP contribution is -2.54. The predicted octanol–water partition coefficient (Wildman–Crippen LogP) is -0.440. The molecule has 0 saturated carbocycles. The lowest BCUT2D eigenvalue weighted by molar-refractivity contribution is -0.149. The zero-order valence-electron chi connectivity index (χ0n) is 13.7. The number of rotatable bonds is 4. The number of hydrogen-bond acceptors (Lipinski definition) is 7. The zero-order chi connectivity index (χ0) is 19.1. The fourth-order valence-electron chi connectivity index (χ4n) is 2.76. The first-order valence-corrected chi connectivity index (χ1v) is 9.56. The molecule has 4 amide bonds. The number of benzene rings is 1. The molecule has 1 saturated heterocycles. The summed E-state index contributed by atoms with van der Waals surface area (Å²) in [6, 6.07) is 4.74. The van der Waals surface area contributed by atoms with Gasteiger partial charge in [-0.2, -0.15) is 0 Å². The van der Waals surface area contributed by atoms with Crippen molar-refractivity contribution in [3.05, 3.63) is 36.0 Å². The van der Waals surface area contributed by atoms with Crippen LogP contribution in [0.5, 0.6) is 0 Å². The molecular formula is C16H15N3O6S. The molecule has 2 heterocycles. The first-order chi connectivity index (χ1) is 12.2. The van der Waals surface area contributed by atoms with E-state index in [-0.39, 0.29) is 23.4 Å². The van der Waals surface area contributed by atoms with E-state index in [4.69, 9.17) is 0 Å². The van der Waals surface area contributed by atoms with E-state index in [0.29, 0.717) is 5.69 Å². The van der Waals surface area contributed by atoms with Gasteiger partial charge >= 0.3 is 0 Å². The molecule has 1 aromatic carbocycles. The van der Waals surface area contributed by atoms with Crippen LogP contribution in [-0.2, 0) is 29.0 Å². The molecule has 2 N–H and O–H groups in total. The minimum absolute atomic E-state index is 0.0344. The number of nitrogens with one attached hydrogen (secondary N) is 2. The summed E-state index contributed by atoms with van der Waals surface area (Å²) in [6.45, 7) is 0. The highest BCUT2D eigenvalue weighted by atomic mass is 32.2. The van der Waals surface area contributed by atoms with Crippen molar-refractivity contribution in [2.45, 2.75) is 23.8 Å². The monoisotopic (exact) mass is 377 g/mol. The standard InChI is InChI=1S/C16H15N3O6S/c1-26(24,25)10-4-2-3-9(7-10)17-11-8-14(21)19(16(11)23)12-5-6-13(20)18-15(12)22/h2-4,7-8,12,17H,5-6H2,1H3,(H,18,20,22). The zero-order valence-corrected chi connectivity index (χ0v) is 14.5. The summed E-state index contributed by atoms with van der Waals surface area (Å²) >= 11 is 0. The third-order valence-corrected chi connectivity index (χ3v) is 5.13. The summed E-state index contributed by atoms with van der Waals surface area (Å²) in [5.74, 6) is -2.54. The Labute approximate surface area is 149 Å². The normalized spacial score (nSPS) is 20.9. The smallest absolute Gasteiger partial charge is 0.278 e. The van der Waals surface area contributed by atoms with Gasteiger partial charge in [-0.15, -0.1) is 0 Å². The Balaban J connectivity index is 1.80. The summed E-state index contributed by atoms with van der Waals surface area (Å²) in [5.41, 5.74) is 0.232. The Kier molecular flexibility index (Phi) is 4.36.